The summed E-state index contributed by atoms with van der Waals surface area (Å²) in [5.41, 5.74) is 4.54. The Labute approximate surface area is 125 Å². The summed E-state index contributed by atoms with van der Waals surface area (Å²) in [6, 6.07) is 15.5. The zero-order valence-electron chi connectivity index (χ0n) is 12.6. The van der Waals surface area contributed by atoms with Crippen LogP contribution in [0.15, 0.2) is 48.5 Å². The summed E-state index contributed by atoms with van der Waals surface area (Å²) in [6.45, 7) is 5.79. The first-order chi connectivity index (χ1) is 9.99. The van der Waals surface area contributed by atoms with E-state index in [0.29, 0.717) is 0 Å². The normalized spacial score (nSPS) is 13.7. The average Bonchev–Trinajstić information content (AvgIpc) is 2.46. The van der Waals surface area contributed by atoms with Gasteiger partial charge in [-0.1, -0.05) is 54.1 Å². The number of benzene rings is 2. The molecule has 2 aromatic rings. The molecule has 0 saturated carbocycles. The van der Waals surface area contributed by atoms with Gasteiger partial charge >= 0.3 is 5.97 Å². The van der Waals surface area contributed by atoms with Gasteiger partial charge in [-0.25, -0.2) is 0 Å². The largest absolute Gasteiger partial charge is 0.480 e. The Balaban J connectivity index is 2.42. The molecule has 0 aliphatic carbocycles. The Morgan fingerprint density at radius 2 is 1.76 bits per heavy atom. The van der Waals surface area contributed by atoms with Crippen LogP contribution in [0.1, 0.15) is 35.2 Å². The highest BCUT2D eigenvalue weighted by Crippen LogP contribution is 2.26. The predicted molar refractivity (Wildman–Crippen MR) is 84.4 cm³/mol. The average molecular weight is 283 g/mol. The highest BCUT2D eigenvalue weighted by molar-refractivity contribution is 5.73. The second kappa shape index (κ2) is 6.55. The van der Waals surface area contributed by atoms with E-state index < -0.39 is 12.0 Å². The highest BCUT2D eigenvalue weighted by atomic mass is 16.4. The van der Waals surface area contributed by atoms with Crippen molar-refractivity contribution in [3.05, 3.63) is 70.8 Å². The Kier molecular flexibility index (Phi) is 4.76. The van der Waals surface area contributed by atoms with E-state index in [4.69, 9.17) is 0 Å². The number of aryl methyl sites for hydroxylation is 2. The van der Waals surface area contributed by atoms with E-state index in [0.717, 1.165) is 16.7 Å². The molecular formula is C18H21NO2. The predicted octanol–water partition coefficient (Wildman–Crippen LogP) is 3.46. The lowest BCUT2D eigenvalue weighted by atomic mass is 9.93. The number of carboxylic acid groups (broad SMARTS) is 1. The molecule has 2 aromatic carbocycles. The monoisotopic (exact) mass is 283 g/mol. The minimum atomic E-state index is -0.847. The molecule has 0 spiro atoms. The van der Waals surface area contributed by atoms with Crippen molar-refractivity contribution in [3.8, 4) is 0 Å². The van der Waals surface area contributed by atoms with Crippen molar-refractivity contribution >= 4 is 5.97 Å². The van der Waals surface area contributed by atoms with Crippen LogP contribution in [-0.2, 0) is 4.79 Å². The molecule has 0 amide bonds. The van der Waals surface area contributed by atoms with Gasteiger partial charge in [0.2, 0.25) is 0 Å². The fourth-order valence-corrected chi connectivity index (χ4v) is 2.48. The van der Waals surface area contributed by atoms with Crippen LogP contribution >= 0.6 is 0 Å². The van der Waals surface area contributed by atoms with Gasteiger partial charge in [0.15, 0.2) is 0 Å². The molecule has 2 N–H and O–H groups in total. The van der Waals surface area contributed by atoms with Crippen LogP contribution in [0.2, 0.25) is 0 Å². The van der Waals surface area contributed by atoms with E-state index in [1.165, 1.54) is 5.56 Å². The van der Waals surface area contributed by atoms with Crippen LogP contribution in [0.4, 0.5) is 0 Å². The third-order valence-corrected chi connectivity index (χ3v) is 3.66. The zero-order valence-corrected chi connectivity index (χ0v) is 12.6. The van der Waals surface area contributed by atoms with Crippen molar-refractivity contribution < 1.29 is 9.90 Å². The van der Waals surface area contributed by atoms with Gasteiger partial charge in [-0.15, -0.1) is 0 Å². The van der Waals surface area contributed by atoms with Crippen LogP contribution in [0.25, 0.3) is 0 Å². The van der Waals surface area contributed by atoms with Gasteiger partial charge in [0.25, 0.3) is 0 Å². The van der Waals surface area contributed by atoms with E-state index in [1.807, 2.05) is 30.3 Å². The lowest BCUT2D eigenvalue weighted by Gasteiger charge is -2.24. The summed E-state index contributed by atoms with van der Waals surface area (Å²) >= 11 is 0. The molecule has 0 aliphatic heterocycles. The Morgan fingerprint density at radius 1 is 1.10 bits per heavy atom. The maximum atomic E-state index is 11.2. The van der Waals surface area contributed by atoms with E-state index in [2.05, 4.69) is 37.4 Å². The molecule has 3 heteroatoms. The smallest absolute Gasteiger partial charge is 0.320 e. The number of hydrogen-bond donors (Lipinski definition) is 2. The summed E-state index contributed by atoms with van der Waals surface area (Å²) < 4.78 is 0. The number of hydrogen-bond acceptors (Lipinski definition) is 2. The van der Waals surface area contributed by atoms with E-state index >= 15 is 0 Å². The minimum absolute atomic E-state index is 0.127. The quantitative estimate of drug-likeness (QED) is 0.883. The highest BCUT2D eigenvalue weighted by Gasteiger charge is 2.21. The van der Waals surface area contributed by atoms with Crippen molar-refractivity contribution in [2.45, 2.75) is 32.9 Å². The van der Waals surface area contributed by atoms with E-state index in [1.54, 1.807) is 6.92 Å². The van der Waals surface area contributed by atoms with Crippen molar-refractivity contribution in [3.63, 3.8) is 0 Å². The molecule has 3 nitrogen and oxygen atoms in total. The number of carboxylic acids is 1. The minimum Gasteiger partial charge on any atom is -0.480 e. The topological polar surface area (TPSA) is 49.3 Å². The van der Waals surface area contributed by atoms with Gasteiger partial charge in [-0.05, 0) is 37.5 Å². The molecular weight excluding hydrogens is 262 g/mol. The molecule has 2 atom stereocenters. The van der Waals surface area contributed by atoms with Gasteiger partial charge in [0, 0.05) is 0 Å². The summed E-state index contributed by atoms with van der Waals surface area (Å²) in [4.78, 5) is 11.2. The van der Waals surface area contributed by atoms with E-state index in [-0.39, 0.29) is 6.04 Å². The summed E-state index contributed by atoms with van der Waals surface area (Å²) in [5.74, 6) is -0.847. The van der Waals surface area contributed by atoms with Crippen molar-refractivity contribution in [1.29, 1.82) is 0 Å². The van der Waals surface area contributed by atoms with Gasteiger partial charge in [0.05, 0.1) is 6.04 Å². The third-order valence-electron chi connectivity index (χ3n) is 3.66. The molecule has 0 aliphatic rings. The fourth-order valence-electron chi connectivity index (χ4n) is 2.48. The summed E-state index contributed by atoms with van der Waals surface area (Å²) in [6.07, 6.45) is 0. The lowest BCUT2D eigenvalue weighted by molar-refractivity contribution is -0.139. The maximum Gasteiger partial charge on any atom is 0.320 e. The first-order valence-corrected chi connectivity index (χ1v) is 7.10. The second-order valence-electron chi connectivity index (χ2n) is 5.43. The first kappa shape index (κ1) is 15.3. The van der Waals surface area contributed by atoms with Gasteiger partial charge in [-0.3, -0.25) is 10.1 Å². The molecule has 0 radical (unpaired) electrons. The molecule has 110 valence electrons. The molecule has 0 aromatic heterocycles. The molecule has 0 bridgehead atoms. The molecule has 2 rings (SSSR count). The number of carbonyl (C=O) groups is 1. The Morgan fingerprint density at radius 3 is 2.33 bits per heavy atom. The SMILES string of the molecule is Cc1ccc(C(NC(C)C(=O)O)c2ccccc2)c(C)c1. The van der Waals surface area contributed by atoms with Crippen LogP contribution in [0.3, 0.4) is 0 Å². The third kappa shape index (κ3) is 3.70. The first-order valence-electron chi connectivity index (χ1n) is 7.10. The molecule has 0 saturated heterocycles. The second-order valence-corrected chi connectivity index (χ2v) is 5.43. The standard InChI is InChI=1S/C18H21NO2/c1-12-9-10-16(13(2)11-12)17(19-14(3)18(20)21)15-7-5-4-6-8-15/h4-11,14,17,19H,1-3H3,(H,20,21). The zero-order chi connectivity index (χ0) is 15.4. The van der Waals surface area contributed by atoms with Crippen molar-refractivity contribution in [1.82, 2.24) is 5.32 Å². The molecule has 0 fully saturated rings. The number of rotatable bonds is 5. The van der Waals surface area contributed by atoms with Crippen molar-refractivity contribution in [2.24, 2.45) is 0 Å². The summed E-state index contributed by atoms with van der Waals surface area (Å²) in [5, 5.41) is 12.4. The number of aliphatic carboxylic acids is 1. The fraction of sp³-hybridized carbons (Fsp3) is 0.278. The Hall–Kier alpha value is -2.13. The van der Waals surface area contributed by atoms with Gasteiger partial charge in [-0.2, -0.15) is 0 Å². The lowest BCUT2D eigenvalue weighted by Crippen LogP contribution is -2.37. The molecule has 21 heavy (non-hydrogen) atoms. The summed E-state index contributed by atoms with van der Waals surface area (Å²) in [7, 11) is 0. The van der Waals surface area contributed by atoms with Crippen LogP contribution < -0.4 is 5.32 Å². The van der Waals surface area contributed by atoms with Crippen LogP contribution in [0.5, 0.6) is 0 Å². The van der Waals surface area contributed by atoms with Gasteiger partial charge < -0.3 is 5.11 Å². The van der Waals surface area contributed by atoms with Gasteiger partial charge in [0.1, 0.15) is 6.04 Å². The van der Waals surface area contributed by atoms with E-state index in [9.17, 15) is 9.90 Å². The number of nitrogens with one attached hydrogen (secondary N) is 1. The molecule has 0 heterocycles. The molecule has 2 unspecified atom stereocenters. The van der Waals surface area contributed by atoms with Crippen LogP contribution in [0, 0.1) is 13.8 Å². The maximum absolute atomic E-state index is 11.2. The van der Waals surface area contributed by atoms with Crippen LogP contribution in [-0.4, -0.2) is 17.1 Å². The Bertz CT molecular complexity index is 622. The van der Waals surface area contributed by atoms with Crippen molar-refractivity contribution in [2.75, 3.05) is 0 Å².